The number of nitrogens with zero attached hydrogens (tertiary/aromatic N) is 5. The summed E-state index contributed by atoms with van der Waals surface area (Å²) in [6, 6.07) is 18.2. The minimum Gasteiger partial charge on any atom is -0.371 e. The summed E-state index contributed by atoms with van der Waals surface area (Å²) in [5.74, 6) is 0. The Morgan fingerprint density at radius 2 is 1.93 bits per heavy atom. The van der Waals surface area contributed by atoms with E-state index in [9.17, 15) is 5.26 Å². The van der Waals surface area contributed by atoms with Crippen molar-refractivity contribution in [3.63, 3.8) is 0 Å². The van der Waals surface area contributed by atoms with Gasteiger partial charge in [-0.2, -0.15) is 15.6 Å². The minimum absolute atomic E-state index is 0.497. The van der Waals surface area contributed by atoms with E-state index in [1.54, 1.807) is 0 Å². The maximum atomic E-state index is 9.40. The molecule has 2 aromatic carbocycles. The topological polar surface area (TPSA) is 75.5 Å². The number of azo groups is 1. The van der Waals surface area contributed by atoms with Crippen molar-refractivity contribution in [2.45, 2.75) is 20.3 Å². The van der Waals surface area contributed by atoms with E-state index in [0.29, 0.717) is 23.5 Å². The molecule has 5 nitrogen and oxygen atoms in total. The van der Waals surface area contributed by atoms with Crippen LogP contribution < -0.4 is 4.90 Å². The summed E-state index contributed by atoms with van der Waals surface area (Å²) >= 11 is 1.43. The van der Waals surface area contributed by atoms with Gasteiger partial charge in [0.2, 0.25) is 0 Å². The van der Waals surface area contributed by atoms with Crippen molar-refractivity contribution in [2.24, 2.45) is 10.2 Å². The average Bonchev–Trinajstić information content (AvgIpc) is 3.05. The maximum absolute atomic E-state index is 9.40. The van der Waals surface area contributed by atoms with Gasteiger partial charge in [0.15, 0.2) is 0 Å². The maximum Gasteiger partial charge on any atom is 0.133 e. The van der Waals surface area contributed by atoms with Gasteiger partial charge in [-0.15, -0.1) is 16.5 Å². The van der Waals surface area contributed by atoms with Crippen molar-refractivity contribution in [3.8, 4) is 12.1 Å². The first-order valence-corrected chi connectivity index (χ1v) is 9.55. The predicted octanol–water partition coefficient (Wildman–Crippen LogP) is 6.24. The molecule has 134 valence electrons. The van der Waals surface area contributed by atoms with Crippen molar-refractivity contribution in [2.75, 3.05) is 18.0 Å². The molecule has 0 saturated carbocycles. The third kappa shape index (κ3) is 3.97. The van der Waals surface area contributed by atoms with Gasteiger partial charge in [0, 0.05) is 28.9 Å². The molecule has 6 heteroatoms. The van der Waals surface area contributed by atoms with Crippen LogP contribution in [0.3, 0.4) is 0 Å². The second-order valence-corrected chi connectivity index (χ2v) is 7.10. The zero-order valence-corrected chi connectivity index (χ0v) is 16.1. The minimum atomic E-state index is 0.497. The fourth-order valence-electron chi connectivity index (χ4n) is 2.91. The van der Waals surface area contributed by atoms with E-state index < -0.39 is 0 Å². The van der Waals surface area contributed by atoms with Crippen LogP contribution in [-0.4, -0.2) is 13.1 Å². The van der Waals surface area contributed by atoms with E-state index >= 15 is 0 Å². The molecule has 0 aliphatic rings. The lowest BCUT2D eigenvalue weighted by Gasteiger charge is -2.22. The molecule has 0 unspecified atom stereocenters. The Morgan fingerprint density at radius 1 is 1.11 bits per heavy atom. The van der Waals surface area contributed by atoms with Gasteiger partial charge in [0.25, 0.3) is 0 Å². The lowest BCUT2D eigenvalue weighted by atomic mass is 10.1. The van der Waals surface area contributed by atoms with E-state index in [1.807, 2.05) is 43.3 Å². The molecule has 0 aliphatic heterocycles. The van der Waals surface area contributed by atoms with Crippen LogP contribution in [-0.2, 0) is 0 Å². The van der Waals surface area contributed by atoms with Gasteiger partial charge < -0.3 is 4.90 Å². The summed E-state index contributed by atoms with van der Waals surface area (Å²) < 4.78 is 1.03. The molecule has 0 atom stereocenters. The molecule has 0 N–H and O–H groups in total. The van der Waals surface area contributed by atoms with Crippen molar-refractivity contribution >= 4 is 38.5 Å². The number of fused-ring (bicyclic) bond motifs is 1. The molecule has 0 saturated heterocycles. The zero-order valence-electron chi connectivity index (χ0n) is 15.3. The number of nitriles is 2. The van der Waals surface area contributed by atoms with Crippen LogP contribution in [0.5, 0.6) is 0 Å². The molecule has 0 bridgehead atoms. The Hall–Kier alpha value is -3.22. The summed E-state index contributed by atoms with van der Waals surface area (Å²) in [5, 5.41) is 28.0. The highest BCUT2D eigenvalue weighted by molar-refractivity contribution is 7.20. The van der Waals surface area contributed by atoms with Gasteiger partial charge in [0.05, 0.1) is 18.2 Å². The van der Waals surface area contributed by atoms with Gasteiger partial charge in [-0.05, 0) is 43.7 Å². The number of anilines is 1. The van der Waals surface area contributed by atoms with Crippen LogP contribution >= 0.6 is 11.3 Å². The SMILES string of the molecule is CCN(CCC#N)c1ccc(N=Nc2c(C#N)sc3ccccc23)c(C)c1. The molecule has 0 aliphatic carbocycles. The van der Waals surface area contributed by atoms with E-state index in [2.05, 4.69) is 40.3 Å². The lowest BCUT2D eigenvalue weighted by Crippen LogP contribution is -2.23. The van der Waals surface area contributed by atoms with Crippen molar-refractivity contribution < 1.29 is 0 Å². The molecule has 1 aromatic heterocycles. The van der Waals surface area contributed by atoms with Crippen LogP contribution in [0, 0.1) is 29.6 Å². The molecular weight excluding hydrogens is 354 g/mol. The van der Waals surface area contributed by atoms with E-state index in [1.165, 1.54) is 11.3 Å². The zero-order chi connectivity index (χ0) is 19.2. The van der Waals surface area contributed by atoms with E-state index in [-0.39, 0.29) is 0 Å². The highest BCUT2D eigenvalue weighted by atomic mass is 32.1. The summed E-state index contributed by atoms with van der Waals surface area (Å²) in [4.78, 5) is 2.74. The van der Waals surface area contributed by atoms with Gasteiger partial charge >= 0.3 is 0 Å². The van der Waals surface area contributed by atoms with Crippen LogP contribution in [0.1, 0.15) is 23.8 Å². The Kier molecular flexibility index (Phi) is 5.80. The van der Waals surface area contributed by atoms with Gasteiger partial charge in [-0.3, -0.25) is 0 Å². The van der Waals surface area contributed by atoms with E-state index in [0.717, 1.165) is 33.6 Å². The summed E-state index contributed by atoms with van der Waals surface area (Å²) in [6.45, 7) is 5.62. The van der Waals surface area contributed by atoms with Crippen LogP contribution in [0.15, 0.2) is 52.7 Å². The highest BCUT2D eigenvalue weighted by Crippen LogP contribution is 2.38. The number of rotatable bonds is 6. The average molecular weight is 373 g/mol. The molecule has 0 amide bonds. The molecule has 3 aromatic rings. The third-order valence-electron chi connectivity index (χ3n) is 4.35. The Labute approximate surface area is 162 Å². The summed E-state index contributed by atoms with van der Waals surface area (Å²) in [6.07, 6.45) is 0.497. The molecule has 1 heterocycles. The fraction of sp³-hybridized carbons (Fsp3) is 0.238. The molecule has 27 heavy (non-hydrogen) atoms. The monoisotopic (exact) mass is 373 g/mol. The Bertz CT molecular complexity index is 1070. The standard InChI is InChI=1S/C21H19N5S/c1-3-26(12-6-11-22)16-9-10-18(15(2)13-16)24-25-21-17-7-4-5-8-19(17)27-20(21)14-23/h4-5,7-10,13H,3,6,12H2,1-2H3. The molecular formula is C21H19N5S. The predicted molar refractivity (Wildman–Crippen MR) is 110 cm³/mol. The van der Waals surface area contributed by atoms with Gasteiger partial charge in [0.1, 0.15) is 16.6 Å². The first-order valence-electron chi connectivity index (χ1n) is 8.73. The third-order valence-corrected chi connectivity index (χ3v) is 5.41. The number of hydrogen-bond acceptors (Lipinski definition) is 6. The van der Waals surface area contributed by atoms with E-state index in [4.69, 9.17) is 5.26 Å². The van der Waals surface area contributed by atoms with Crippen molar-refractivity contribution in [1.29, 1.82) is 10.5 Å². The molecule has 3 rings (SSSR count). The van der Waals surface area contributed by atoms with Crippen LogP contribution in [0.4, 0.5) is 17.1 Å². The quantitative estimate of drug-likeness (QED) is 0.480. The van der Waals surface area contributed by atoms with Crippen LogP contribution in [0.25, 0.3) is 10.1 Å². The fourth-order valence-corrected chi connectivity index (χ4v) is 3.85. The Morgan fingerprint density at radius 3 is 2.63 bits per heavy atom. The summed E-state index contributed by atoms with van der Waals surface area (Å²) in [5.41, 5.74) is 3.48. The summed E-state index contributed by atoms with van der Waals surface area (Å²) in [7, 11) is 0. The van der Waals surface area contributed by atoms with Crippen LogP contribution in [0.2, 0.25) is 0 Å². The molecule has 0 spiro atoms. The lowest BCUT2D eigenvalue weighted by molar-refractivity contribution is 0.826. The molecule has 0 fully saturated rings. The Balaban J connectivity index is 1.91. The second-order valence-electron chi connectivity index (χ2n) is 6.05. The second kappa shape index (κ2) is 8.44. The first kappa shape index (κ1) is 18.6. The number of hydrogen-bond donors (Lipinski definition) is 0. The van der Waals surface area contributed by atoms with Crippen molar-refractivity contribution in [1.82, 2.24) is 0 Å². The first-order chi connectivity index (χ1) is 13.2. The van der Waals surface area contributed by atoms with Crippen molar-refractivity contribution in [3.05, 3.63) is 52.9 Å². The number of benzene rings is 2. The van der Waals surface area contributed by atoms with Gasteiger partial charge in [-0.25, -0.2) is 0 Å². The van der Waals surface area contributed by atoms with Gasteiger partial charge in [-0.1, -0.05) is 18.2 Å². The normalized spacial score (nSPS) is 10.8. The smallest absolute Gasteiger partial charge is 0.133 e. The molecule has 0 radical (unpaired) electrons. The largest absolute Gasteiger partial charge is 0.371 e. The number of aryl methyl sites for hydroxylation is 1. The number of thiophene rings is 1. The highest BCUT2D eigenvalue weighted by Gasteiger charge is 2.11.